The minimum absolute atomic E-state index is 0.434. The van der Waals surface area contributed by atoms with Crippen LogP contribution in [0.2, 0.25) is 0 Å². The van der Waals surface area contributed by atoms with Gasteiger partial charge in [0.15, 0.2) is 0 Å². The average Bonchev–Trinajstić information content (AvgIpc) is 2.61. The number of ether oxygens (including phenoxy) is 1. The van der Waals surface area contributed by atoms with Crippen molar-refractivity contribution in [2.24, 2.45) is 22.7 Å². The van der Waals surface area contributed by atoms with E-state index < -0.39 is 0 Å². The molecule has 0 heterocycles. The Bertz CT molecular complexity index is 362. The molecule has 0 aliphatic carbocycles. The van der Waals surface area contributed by atoms with Crippen LogP contribution in [0.1, 0.15) is 159 Å². The van der Waals surface area contributed by atoms with Gasteiger partial charge < -0.3 is 4.74 Å². The fourth-order valence-electron chi connectivity index (χ4n) is 5.31. The van der Waals surface area contributed by atoms with Crippen molar-refractivity contribution in [1.82, 2.24) is 0 Å². The summed E-state index contributed by atoms with van der Waals surface area (Å²) in [5, 5.41) is 0. The molecule has 0 aromatic carbocycles. The second kappa shape index (κ2) is 16.6. The maximum atomic E-state index is 6.90. The van der Waals surface area contributed by atoms with Crippen molar-refractivity contribution in [3.63, 3.8) is 0 Å². The Hall–Kier alpha value is -0.0400. The zero-order valence-corrected chi connectivity index (χ0v) is 23.6. The molecular weight excluding hydrogens is 376 g/mol. The maximum Gasteiger partial charge on any atom is 0.0579 e. The predicted molar refractivity (Wildman–Crippen MR) is 142 cm³/mol. The number of rotatable bonds is 18. The van der Waals surface area contributed by atoms with Gasteiger partial charge in [-0.2, -0.15) is 0 Å². The first-order chi connectivity index (χ1) is 14.4. The number of hydrogen-bond donors (Lipinski definition) is 0. The molecule has 0 aromatic heterocycles. The smallest absolute Gasteiger partial charge is 0.0579 e. The highest BCUT2D eigenvalue weighted by Crippen LogP contribution is 2.30. The first-order valence-corrected chi connectivity index (χ1v) is 14.0. The first-order valence-electron chi connectivity index (χ1n) is 14.0. The van der Waals surface area contributed by atoms with Crippen molar-refractivity contribution in [3.8, 4) is 0 Å². The van der Waals surface area contributed by atoms with Gasteiger partial charge in [0.2, 0.25) is 0 Å². The van der Waals surface area contributed by atoms with Crippen LogP contribution in [-0.4, -0.2) is 12.2 Å². The topological polar surface area (TPSA) is 9.23 Å². The summed E-state index contributed by atoms with van der Waals surface area (Å²) in [6.45, 7) is 23.8. The highest BCUT2D eigenvalue weighted by atomic mass is 16.5. The zero-order valence-electron chi connectivity index (χ0n) is 23.6. The lowest BCUT2D eigenvalue weighted by Crippen LogP contribution is -2.24. The molecular formula is C30H62O. The van der Waals surface area contributed by atoms with Crippen LogP contribution in [0.4, 0.5) is 0 Å². The molecule has 0 saturated carbocycles. The summed E-state index contributed by atoms with van der Waals surface area (Å²) in [4.78, 5) is 0. The molecule has 0 aromatic rings. The second-order valence-corrected chi connectivity index (χ2v) is 13.3. The molecule has 0 radical (unpaired) electrons. The lowest BCUT2D eigenvalue weighted by molar-refractivity contribution is -0.0358. The summed E-state index contributed by atoms with van der Waals surface area (Å²) < 4.78 is 6.90. The van der Waals surface area contributed by atoms with Gasteiger partial charge in [-0.25, -0.2) is 0 Å². The summed E-state index contributed by atoms with van der Waals surface area (Å²) >= 11 is 0. The third kappa shape index (κ3) is 20.3. The van der Waals surface area contributed by atoms with Gasteiger partial charge in [-0.3, -0.25) is 0 Å². The van der Waals surface area contributed by atoms with Gasteiger partial charge in [0.1, 0.15) is 0 Å². The van der Waals surface area contributed by atoms with Crippen molar-refractivity contribution in [2.45, 2.75) is 171 Å². The molecule has 0 aliphatic heterocycles. The van der Waals surface area contributed by atoms with Crippen molar-refractivity contribution in [3.05, 3.63) is 0 Å². The third-order valence-electron chi connectivity index (χ3n) is 6.53. The first kappa shape index (κ1) is 31.0. The highest BCUT2D eigenvalue weighted by Gasteiger charge is 2.22. The lowest BCUT2D eigenvalue weighted by Gasteiger charge is -2.29. The van der Waals surface area contributed by atoms with Crippen LogP contribution in [0, 0.1) is 22.7 Å². The van der Waals surface area contributed by atoms with E-state index in [1.165, 1.54) is 89.9 Å². The van der Waals surface area contributed by atoms with Gasteiger partial charge in [0, 0.05) is 0 Å². The van der Waals surface area contributed by atoms with E-state index in [1.807, 2.05) is 0 Å². The molecule has 0 amide bonds. The molecule has 0 saturated heterocycles. The molecule has 1 nitrogen and oxygen atoms in total. The molecule has 31 heavy (non-hydrogen) atoms. The van der Waals surface area contributed by atoms with Crippen molar-refractivity contribution in [2.75, 3.05) is 0 Å². The minimum atomic E-state index is 0.434. The van der Waals surface area contributed by atoms with E-state index in [2.05, 4.69) is 69.2 Å². The summed E-state index contributed by atoms with van der Waals surface area (Å²) in [6.07, 6.45) is 19.2. The third-order valence-corrected chi connectivity index (χ3v) is 6.53. The van der Waals surface area contributed by atoms with Gasteiger partial charge in [-0.1, -0.05) is 108 Å². The molecule has 1 heteroatoms. The standard InChI is InChI=1S/C30H62O/c1-11-13-15-17-27(21-19-25(3)23-29(5,6)7)31-28(18-16-14-12-2)22-20-26(4)24-30(8,9)10/h25-28H,11-24H2,1-10H3. The largest absolute Gasteiger partial charge is 0.375 e. The van der Waals surface area contributed by atoms with Gasteiger partial charge in [-0.15, -0.1) is 0 Å². The summed E-state index contributed by atoms with van der Waals surface area (Å²) in [7, 11) is 0. The Balaban J connectivity index is 4.88. The number of unbranched alkanes of at least 4 members (excludes halogenated alkanes) is 4. The molecule has 0 spiro atoms. The van der Waals surface area contributed by atoms with Crippen LogP contribution in [-0.2, 0) is 4.74 Å². The van der Waals surface area contributed by atoms with Crippen LogP contribution < -0.4 is 0 Å². The Morgan fingerprint density at radius 1 is 0.516 bits per heavy atom. The zero-order chi connectivity index (χ0) is 23.9. The van der Waals surface area contributed by atoms with E-state index in [1.54, 1.807) is 0 Å². The van der Waals surface area contributed by atoms with Crippen LogP contribution in [0.3, 0.4) is 0 Å². The highest BCUT2D eigenvalue weighted by molar-refractivity contribution is 4.72. The number of hydrogen-bond acceptors (Lipinski definition) is 1. The Morgan fingerprint density at radius 3 is 1.16 bits per heavy atom. The van der Waals surface area contributed by atoms with Crippen LogP contribution in [0.15, 0.2) is 0 Å². The molecule has 0 fully saturated rings. The van der Waals surface area contributed by atoms with Crippen molar-refractivity contribution >= 4 is 0 Å². The summed E-state index contributed by atoms with van der Waals surface area (Å²) in [5.41, 5.74) is 0.869. The molecule has 4 atom stereocenters. The Morgan fingerprint density at radius 2 is 0.871 bits per heavy atom. The fourth-order valence-corrected chi connectivity index (χ4v) is 5.31. The van der Waals surface area contributed by atoms with E-state index >= 15 is 0 Å². The Labute approximate surface area is 198 Å². The van der Waals surface area contributed by atoms with Gasteiger partial charge >= 0.3 is 0 Å². The maximum absolute atomic E-state index is 6.90. The molecule has 188 valence electrons. The SMILES string of the molecule is CCCCCC(CCC(C)CC(C)(C)C)OC(CCCCC)CCC(C)CC(C)(C)C. The van der Waals surface area contributed by atoms with E-state index in [0.717, 1.165) is 11.8 Å². The molecule has 0 rings (SSSR count). The van der Waals surface area contributed by atoms with E-state index in [0.29, 0.717) is 23.0 Å². The predicted octanol–water partition coefficient (Wildman–Crippen LogP) is 10.6. The quantitative estimate of drug-likeness (QED) is 0.193. The molecule has 0 N–H and O–H groups in total. The van der Waals surface area contributed by atoms with E-state index in [4.69, 9.17) is 4.74 Å². The van der Waals surface area contributed by atoms with Gasteiger partial charge in [0.05, 0.1) is 12.2 Å². The summed E-state index contributed by atoms with van der Waals surface area (Å²) in [5.74, 6) is 1.59. The molecule has 4 unspecified atom stereocenters. The van der Waals surface area contributed by atoms with Crippen molar-refractivity contribution < 1.29 is 4.74 Å². The van der Waals surface area contributed by atoms with E-state index in [9.17, 15) is 0 Å². The van der Waals surface area contributed by atoms with Gasteiger partial charge in [0.25, 0.3) is 0 Å². The molecule has 0 aliphatic rings. The van der Waals surface area contributed by atoms with Crippen LogP contribution in [0.5, 0.6) is 0 Å². The van der Waals surface area contributed by atoms with E-state index in [-0.39, 0.29) is 0 Å². The second-order valence-electron chi connectivity index (χ2n) is 13.3. The fraction of sp³-hybridized carbons (Fsp3) is 1.00. The lowest BCUT2D eigenvalue weighted by atomic mass is 9.83. The molecule has 0 bridgehead atoms. The average molecular weight is 439 g/mol. The van der Waals surface area contributed by atoms with Gasteiger partial charge in [-0.05, 0) is 74.0 Å². The monoisotopic (exact) mass is 438 g/mol. The van der Waals surface area contributed by atoms with Crippen LogP contribution in [0.25, 0.3) is 0 Å². The normalized spacial score (nSPS) is 16.8. The minimum Gasteiger partial charge on any atom is -0.375 e. The Kier molecular flexibility index (Phi) is 16.5. The van der Waals surface area contributed by atoms with Crippen LogP contribution >= 0.6 is 0 Å². The summed E-state index contributed by atoms with van der Waals surface area (Å²) in [6, 6.07) is 0. The van der Waals surface area contributed by atoms with Crippen molar-refractivity contribution in [1.29, 1.82) is 0 Å².